The molecule has 2 N–H and O–H groups in total. The van der Waals surface area contributed by atoms with Gasteiger partial charge >= 0.3 is 0 Å². The number of aliphatic hydroxyl groups excluding tert-OH is 1. The number of anilines is 3. The van der Waals surface area contributed by atoms with E-state index in [0.717, 1.165) is 30.1 Å². The van der Waals surface area contributed by atoms with Crippen molar-refractivity contribution in [1.82, 2.24) is 24.6 Å². The third-order valence-corrected chi connectivity index (χ3v) is 8.12. The molecule has 2 aliphatic heterocycles. The maximum atomic E-state index is 13.4. The summed E-state index contributed by atoms with van der Waals surface area (Å²) in [6.07, 6.45) is 6.68. The lowest BCUT2D eigenvalue weighted by Gasteiger charge is -2.40. The minimum atomic E-state index is -2.84. The molecule has 12 heteroatoms. The number of alkyl halides is 2. The molecule has 170 valence electrons. The lowest BCUT2D eigenvalue weighted by Crippen LogP contribution is -2.57. The van der Waals surface area contributed by atoms with E-state index in [1.165, 1.54) is 0 Å². The Hall–Kier alpha value is -2.47. The molecular weight excluding hydrogens is 440 g/mol. The quantitative estimate of drug-likeness (QED) is 0.667. The molecule has 4 fully saturated rings. The van der Waals surface area contributed by atoms with E-state index in [1.807, 2.05) is 12.3 Å². The molecule has 4 aliphatic rings. The lowest BCUT2D eigenvalue weighted by atomic mass is 10.1. The van der Waals surface area contributed by atoms with E-state index in [9.17, 15) is 18.7 Å². The predicted octanol–water partition coefficient (Wildman–Crippen LogP) is 1.64. The monoisotopic (exact) mass is 463 g/mol. The van der Waals surface area contributed by atoms with Crippen LogP contribution in [0.15, 0.2) is 24.7 Å². The SMILES string of the molecule is O=C(C1CC1(F)F)N1[C@H]2CS[C@@H]1CN(c1ccnc(Nc3cnn(C4(CO)CC4)c3)n1)C2. The third-order valence-electron chi connectivity index (χ3n) is 6.78. The van der Waals surface area contributed by atoms with Gasteiger partial charge < -0.3 is 20.2 Å². The first kappa shape index (κ1) is 20.2. The number of nitrogens with zero attached hydrogens (tertiary/aromatic N) is 6. The Morgan fingerprint density at radius 2 is 2.16 bits per heavy atom. The first-order chi connectivity index (χ1) is 15.4. The first-order valence-corrected chi connectivity index (χ1v) is 11.8. The van der Waals surface area contributed by atoms with Crippen LogP contribution in [0.3, 0.4) is 0 Å². The standard InChI is InChI=1S/C20H23F2N7O2S/c21-20(22)5-14(20)17(31)29-13-8-27(9-16(29)32-10-13)15-1-4-23-18(26-15)25-12-6-24-28(7-12)19(11-30)2-3-19/h1,4,6-7,13-14,16,30H,2-3,5,8-11H2,(H,23,25,26)/t13-,14?,16-/m1/s1. The van der Waals surface area contributed by atoms with Crippen molar-refractivity contribution in [3.05, 3.63) is 24.7 Å². The number of aliphatic hydroxyl groups is 1. The molecule has 9 nitrogen and oxygen atoms in total. The molecule has 2 aromatic heterocycles. The molecule has 6 rings (SSSR count). The van der Waals surface area contributed by atoms with Crippen LogP contribution in [0.5, 0.6) is 0 Å². The first-order valence-electron chi connectivity index (χ1n) is 10.7. The van der Waals surface area contributed by atoms with Crippen LogP contribution < -0.4 is 10.2 Å². The van der Waals surface area contributed by atoms with Crippen LogP contribution >= 0.6 is 11.8 Å². The number of carbonyl (C=O) groups is 1. The summed E-state index contributed by atoms with van der Waals surface area (Å²) < 4.78 is 28.6. The van der Waals surface area contributed by atoms with Gasteiger partial charge in [-0.15, -0.1) is 11.8 Å². The molecule has 2 bridgehead atoms. The number of hydrogen-bond acceptors (Lipinski definition) is 8. The third kappa shape index (κ3) is 3.31. The number of fused-ring (bicyclic) bond motifs is 2. The molecule has 1 amide bonds. The fourth-order valence-corrected chi connectivity index (χ4v) is 5.98. The smallest absolute Gasteiger partial charge is 0.260 e. The van der Waals surface area contributed by atoms with Gasteiger partial charge in [0.2, 0.25) is 11.9 Å². The number of aromatic nitrogens is 4. The molecule has 2 saturated heterocycles. The van der Waals surface area contributed by atoms with Crippen molar-refractivity contribution in [3.63, 3.8) is 0 Å². The Labute approximate surface area is 187 Å². The van der Waals surface area contributed by atoms with Crippen LogP contribution in [0.2, 0.25) is 0 Å². The van der Waals surface area contributed by atoms with Crippen molar-refractivity contribution >= 4 is 35.1 Å². The molecule has 32 heavy (non-hydrogen) atoms. The largest absolute Gasteiger partial charge is 0.394 e. The number of hydrogen-bond donors (Lipinski definition) is 2. The second-order valence-electron chi connectivity index (χ2n) is 9.03. The zero-order chi connectivity index (χ0) is 22.1. The van der Waals surface area contributed by atoms with Crippen LogP contribution in [0, 0.1) is 5.92 Å². The van der Waals surface area contributed by atoms with Crippen molar-refractivity contribution in [2.45, 2.75) is 42.1 Å². The number of amides is 1. The van der Waals surface area contributed by atoms with Gasteiger partial charge in [0, 0.05) is 37.7 Å². The predicted molar refractivity (Wildman–Crippen MR) is 114 cm³/mol. The summed E-state index contributed by atoms with van der Waals surface area (Å²) in [4.78, 5) is 25.3. The van der Waals surface area contributed by atoms with Crippen LogP contribution in [0.1, 0.15) is 19.3 Å². The number of rotatable bonds is 6. The highest BCUT2D eigenvalue weighted by Gasteiger charge is 2.64. The molecule has 4 heterocycles. The van der Waals surface area contributed by atoms with Crippen molar-refractivity contribution in [1.29, 1.82) is 0 Å². The normalized spacial score (nSPS) is 29.2. The Balaban J connectivity index is 1.14. The zero-order valence-corrected chi connectivity index (χ0v) is 18.0. The zero-order valence-electron chi connectivity index (χ0n) is 17.2. The van der Waals surface area contributed by atoms with Gasteiger partial charge in [-0.1, -0.05) is 0 Å². The Bertz CT molecular complexity index is 1050. The summed E-state index contributed by atoms with van der Waals surface area (Å²) in [5.41, 5.74) is 0.458. The molecule has 3 atom stereocenters. The van der Waals surface area contributed by atoms with Crippen LogP contribution in [0.25, 0.3) is 0 Å². The van der Waals surface area contributed by atoms with Crippen LogP contribution in [-0.4, -0.2) is 78.4 Å². The van der Waals surface area contributed by atoms with Gasteiger partial charge in [0.1, 0.15) is 11.7 Å². The van der Waals surface area contributed by atoms with Gasteiger partial charge in [-0.2, -0.15) is 10.1 Å². The summed E-state index contributed by atoms with van der Waals surface area (Å²) in [5, 5.41) is 16.9. The average Bonchev–Trinajstić information content (AvgIpc) is 3.62. The van der Waals surface area contributed by atoms with E-state index in [2.05, 4.69) is 25.3 Å². The minimum Gasteiger partial charge on any atom is -0.394 e. The van der Waals surface area contributed by atoms with E-state index in [4.69, 9.17) is 0 Å². The van der Waals surface area contributed by atoms with Gasteiger partial charge in [-0.3, -0.25) is 9.48 Å². The van der Waals surface area contributed by atoms with E-state index in [-0.39, 0.29) is 30.0 Å². The second kappa shape index (κ2) is 7.01. The highest BCUT2D eigenvalue weighted by atomic mass is 32.2. The Morgan fingerprint density at radius 3 is 2.84 bits per heavy atom. The van der Waals surface area contributed by atoms with Crippen molar-refractivity contribution in [2.75, 3.05) is 35.7 Å². The second-order valence-corrected chi connectivity index (χ2v) is 10.2. The molecule has 2 saturated carbocycles. The molecule has 2 aromatic rings. The highest BCUT2D eigenvalue weighted by Crippen LogP contribution is 2.51. The summed E-state index contributed by atoms with van der Waals surface area (Å²) >= 11 is 1.64. The number of nitrogens with one attached hydrogen (secondary N) is 1. The number of carbonyl (C=O) groups excluding carboxylic acids is 1. The van der Waals surface area contributed by atoms with Crippen LogP contribution in [-0.2, 0) is 10.3 Å². The minimum absolute atomic E-state index is 0.0628. The summed E-state index contributed by atoms with van der Waals surface area (Å²) in [6.45, 7) is 1.16. The van der Waals surface area contributed by atoms with Crippen molar-refractivity contribution in [3.8, 4) is 0 Å². The van der Waals surface area contributed by atoms with E-state index in [1.54, 1.807) is 33.7 Å². The average molecular weight is 464 g/mol. The fourth-order valence-electron chi connectivity index (χ4n) is 4.55. The Morgan fingerprint density at radius 1 is 1.34 bits per heavy atom. The van der Waals surface area contributed by atoms with Crippen molar-refractivity contribution in [2.24, 2.45) is 5.92 Å². The van der Waals surface area contributed by atoms with Gasteiger partial charge in [-0.25, -0.2) is 13.8 Å². The molecule has 1 unspecified atom stereocenters. The Kier molecular flexibility index (Phi) is 4.42. The number of halogens is 2. The molecule has 0 aromatic carbocycles. The van der Waals surface area contributed by atoms with Gasteiger partial charge in [-0.05, 0) is 18.9 Å². The van der Waals surface area contributed by atoms with E-state index < -0.39 is 17.7 Å². The molecule has 2 aliphatic carbocycles. The van der Waals surface area contributed by atoms with Crippen molar-refractivity contribution < 1.29 is 18.7 Å². The van der Waals surface area contributed by atoms with E-state index in [0.29, 0.717) is 19.0 Å². The fraction of sp³-hybridized carbons (Fsp3) is 0.600. The number of thioether (sulfide) groups is 1. The molecule has 0 spiro atoms. The maximum absolute atomic E-state index is 13.4. The summed E-state index contributed by atoms with van der Waals surface area (Å²) in [5.74, 6) is -2.50. The highest BCUT2D eigenvalue weighted by molar-refractivity contribution is 8.00. The van der Waals surface area contributed by atoms with Gasteiger partial charge in [0.15, 0.2) is 0 Å². The topological polar surface area (TPSA) is 99.4 Å². The maximum Gasteiger partial charge on any atom is 0.260 e. The molecule has 0 radical (unpaired) electrons. The summed E-state index contributed by atoms with van der Waals surface area (Å²) in [6, 6.07) is 1.72. The number of piperazine rings is 1. The van der Waals surface area contributed by atoms with Gasteiger partial charge in [0.25, 0.3) is 5.92 Å². The van der Waals surface area contributed by atoms with Gasteiger partial charge in [0.05, 0.1) is 35.4 Å². The van der Waals surface area contributed by atoms with Crippen LogP contribution in [0.4, 0.5) is 26.2 Å². The molecular formula is C20H23F2N7O2S. The summed E-state index contributed by atoms with van der Waals surface area (Å²) in [7, 11) is 0. The van der Waals surface area contributed by atoms with E-state index >= 15 is 0 Å². The lowest BCUT2D eigenvalue weighted by molar-refractivity contribution is -0.137.